The van der Waals surface area contributed by atoms with Crippen molar-refractivity contribution in [3.63, 3.8) is 0 Å². The Morgan fingerprint density at radius 3 is 2.58 bits per heavy atom. The third-order valence-electron chi connectivity index (χ3n) is 4.12. The molecule has 1 atom stereocenters. The maximum Gasteiger partial charge on any atom is 0.179 e. The summed E-state index contributed by atoms with van der Waals surface area (Å²) in [6, 6.07) is 13.7. The number of hydrogen-bond acceptors (Lipinski definition) is 5. The van der Waals surface area contributed by atoms with E-state index in [4.69, 9.17) is 5.26 Å². The summed E-state index contributed by atoms with van der Waals surface area (Å²) in [6.45, 7) is 3.39. The molecule has 0 aliphatic carbocycles. The molecule has 2 aromatic rings. The molecule has 2 aromatic carbocycles. The van der Waals surface area contributed by atoms with Crippen molar-refractivity contribution in [3.8, 4) is 23.4 Å². The number of nitrogens with one attached hydrogen (secondary N) is 1. The van der Waals surface area contributed by atoms with E-state index < -0.39 is 6.10 Å². The molecular weight excluding hydrogens is 300 g/mol. The fraction of sp³-hybridized carbons (Fsp3) is 0.263. The van der Waals surface area contributed by atoms with Crippen molar-refractivity contribution in [1.82, 2.24) is 4.90 Å². The zero-order valence-electron chi connectivity index (χ0n) is 13.5. The van der Waals surface area contributed by atoms with Gasteiger partial charge in [-0.25, -0.2) is 0 Å². The molecule has 1 unspecified atom stereocenters. The molecule has 24 heavy (non-hydrogen) atoms. The molecule has 0 saturated carbocycles. The number of nitrogens with zero attached hydrogens (tertiary/aromatic N) is 3. The van der Waals surface area contributed by atoms with E-state index in [-0.39, 0.29) is 0 Å². The third-order valence-corrected chi connectivity index (χ3v) is 4.12. The highest BCUT2D eigenvalue weighted by atomic mass is 16.3. The fourth-order valence-electron chi connectivity index (χ4n) is 2.93. The molecule has 0 saturated heterocycles. The lowest BCUT2D eigenvalue weighted by Gasteiger charge is -2.14. The number of nitriles is 2. The molecule has 5 heteroatoms. The van der Waals surface area contributed by atoms with Crippen molar-refractivity contribution in [2.75, 3.05) is 11.9 Å². The summed E-state index contributed by atoms with van der Waals surface area (Å²) in [5.74, 6) is 0. The van der Waals surface area contributed by atoms with Gasteiger partial charge in [0.1, 0.15) is 0 Å². The van der Waals surface area contributed by atoms with Crippen molar-refractivity contribution in [2.24, 2.45) is 0 Å². The molecule has 5 nitrogen and oxygen atoms in total. The first-order valence-electron chi connectivity index (χ1n) is 7.83. The summed E-state index contributed by atoms with van der Waals surface area (Å²) in [5.41, 5.74) is 5.88. The molecule has 1 heterocycles. The van der Waals surface area contributed by atoms with Gasteiger partial charge < -0.3 is 15.3 Å². The van der Waals surface area contributed by atoms with Crippen LogP contribution in [-0.4, -0.2) is 22.7 Å². The summed E-state index contributed by atoms with van der Waals surface area (Å²) in [5, 5.41) is 30.9. The average molecular weight is 318 g/mol. The Balaban J connectivity index is 2.03. The van der Waals surface area contributed by atoms with Gasteiger partial charge in [-0.05, 0) is 53.4 Å². The maximum atomic E-state index is 9.49. The summed E-state index contributed by atoms with van der Waals surface area (Å²) < 4.78 is 0. The van der Waals surface area contributed by atoms with E-state index >= 15 is 0 Å². The SMILES string of the molecule is CC(O)CNc1cc2c(c(-c3ccc(C#N)cc3)c1)CN(C#N)C2. The highest BCUT2D eigenvalue weighted by Gasteiger charge is 2.22. The van der Waals surface area contributed by atoms with E-state index in [9.17, 15) is 10.4 Å². The monoisotopic (exact) mass is 318 g/mol. The highest BCUT2D eigenvalue weighted by molar-refractivity contribution is 5.74. The first-order valence-corrected chi connectivity index (χ1v) is 7.83. The Labute approximate surface area is 141 Å². The van der Waals surface area contributed by atoms with Crippen molar-refractivity contribution in [1.29, 1.82) is 10.5 Å². The predicted octanol–water partition coefficient (Wildman–Crippen LogP) is 2.81. The normalized spacial score (nSPS) is 13.8. The van der Waals surface area contributed by atoms with Gasteiger partial charge in [0.2, 0.25) is 0 Å². The van der Waals surface area contributed by atoms with Crippen molar-refractivity contribution in [2.45, 2.75) is 26.1 Å². The van der Waals surface area contributed by atoms with Crippen LogP contribution in [0.1, 0.15) is 23.6 Å². The topological polar surface area (TPSA) is 83.1 Å². The Hall–Kier alpha value is -3.02. The third kappa shape index (κ3) is 3.17. The molecule has 120 valence electrons. The van der Waals surface area contributed by atoms with Gasteiger partial charge >= 0.3 is 0 Å². The van der Waals surface area contributed by atoms with E-state index in [1.54, 1.807) is 24.0 Å². The summed E-state index contributed by atoms with van der Waals surface area (Å²) >= 11 is 0. The number of fused-ring (bicyclic) bond motifs is 1. The molecule has 0 fully saturated rings. The summed E-state index contributed by atoms with van der Waals surface area (Å²) in [4.78, 5) is 1.72. The zero-order valence-corrected chi connectivity index (χ0v) is 13.5. The van der Waals surface area contributed by atoms with Crippen LogP contribution < -0.4 is 5.32 Å². The van der Waals surface area contributed by atoms with Gasteiger partial charge in [0.25, 0.3) is 0 Å². The van der Waals surface area contributed by atoms with Gasteiger partial charge in [-0.15, -0.1) is 0 Å². The van der Waals surface area contributed by atoms with Gasteiger partial charge in [0.05, 0.1) is 30.8 Å². The largest absolute Gasteiger partial charge is 0.392 e. The Kier molecular flexibility index (Phi) is 4.37. The second-order valence-electron chi connectivity index (χ2n) is 6.04. The van der Waals surface area contributed by atoms with Gasteiger partial charge in [-0.3, -0.25) is 0 Å². The lowest BCUT2D eigenvalue weighted by atomic mass is 9.95. The van der Waals surface area contributed by atoms with Gasteiger partial charge in [-0.1, -0.05) is 12.1 Å². The van der Waals surface area contributed by atoms with Crippen molar-refractivity contribution >= 4 is 5.69 Å². The van der Waals surface area contributed by atoms with Crippen LogP contribution in [0, 0.1) is 22.8 Å². The minimum absolute atomic E-state index is 0.438. The van der Waals surface area contributed by atoms with Gasteiger partial charge in [0, 0.05) is 12.2 Å². The van der Waals surface area contributed by atoms with Crippen molar-refractivity contribution < 1.29 is 5.11 Å². The second kappa shape index (κ2) is 6.62. The Morgan fingerprint density at radius 2 is 1.96 bits per heavy atom. The van der Waals surface area contributed by atoms with Crippen LogP contribution in [-0.2, 0) is 13.1 Å². The maximum absolute atomic E-state index is 9.49. The summed E-state index contributed by atoms with van der Waals surface area (Å²) in [7, 11) is 0. The number of benzene rings is 2. The molecule has 2 N–H and O–H groups in total. The van der Waals surface area contributed by atoms with Crippen LogP contribution in [0.4, 0.5) is 5.69 Å². The minimum atomic E-state index is -0.438. The number of anilines is 1. The lowest BCUT2D eigenvalue weighted by molar-refractivity contribution is 0.208. The number of aliphatic hydroxyl groups excluding tert-OH is 1. The summed E-state index contributed by atoms with van der Waals surface area (Å²) in [6.07, 6.45) is 1.77. The molecule has 0 radical (unpaired) electrons. The molecule has 0 bridgehead atoms. The molecule has 1 aliphatic rings. The highest BCUT2D eigenvalue weighted by Crippen LogP contribution is 2.35. The van der Waals surface area contributed by atoms with E-state index in [1.807, 2.05) is 24.3 Å². The van der Waals surface area contributed by atoms with E-state index in [1.165, 1.54) is 0 Å². The van der Waals surface area contributed by atoms with Crippen LogP contribution in [0.5, 0.6) is 0 Å². The Bertz CT molecular complexity index is 828. The molecule has 0 spiro atoms. The molecule has 1 aliphatic heterocycles. The van der Waals surface area contributed by atoms with Gasteiger partial charge in [0.15, 0.2) is 6.19 Å². The predicted molar refractivity (Wildman–Crippen MR) is 91.6 cm³/mol. The van der Waals surface area contributed by atoms with Crippen LogP contribution in [0.25, 0.3) is 11.1 Å². The second-order valence-corrected chi connectivity index (χ2v) is 6.04. The first kappa shape index (κ1) is 15.9. The van der Waals surface area contributed by atoms with Crippen LogP contribution >= 0.6 is 0 Å². The number of hydrogen-bond donors (Lipinski definition) is 2. The number of rotatable bonds is 4. The minimum Gasteiger partial charge on any atom is -0.392 e. The van der Waals surface area contributed by atoms with Crippen molar-refractivity contribution in [3.05, 3.63) is 53.1 Å². The average Bonchev–Trinajstić information content (AvgIpc) is 3.02. The zero-order chi connectivity index (χ0) is 17.1. The Morgan fingerprint density at radius 1 is 1.21 bits per heavy atom. The van der Waals surface area contributed by atoms with Gasteiger partial charge in [-0.2, -0.15) is 10.5 Å². The van der Waals surface area contributed by atoms with E-state index in [2.05, 4.69) is 17.6 Å². The molecule has 0 amide bonds. The molecular formula is C19H18N4O. The van der Waals surface area contributed by atoms with Crippen LogP contribution in [0.2, 0.25) is 0 Å². The quantitative estimate of drug-likeness (QED) is 0.847. The van der Waals surface area contributed by atoms with Crippen LogP contribution in [0.15, 0.2) is 36.4 Å². The fourth-order valence-corrected chi connectivity index (χ4v) is 2.93. The smallest absolute Gasteiger partial charge is 0.179 e. The van der Waals surface area contributed by atoms with Crippen LogP contribution in [0.3, 0.4) is 0 Å². The standard InChI is InChI=1S/C19H18N4O/c1-13(24)9-22-17-6-16-10-23(12-21)11-19(16)18(7-17)15-4-2-14(8-20)3-5-15/h2-7,13,22,24H,9-11H2,1H3. The lowest BCUT2D eigenvalue weighted by Crippen LogP contribution is -2.15. The molecule has 0 aromatic heterocycles. The first-order chi connectivity index (χ1) is 11.6. The van der Waals surface area contributed by atoms with E-state index in [0.29, 0.717) is 25.2 Å². The molecule has 3 rings (SSSR count). The van der Waals surface area contributed by atoms with E-state index in [0.717, 1.165) is 27.9 Å². The number of aliphatic hydroxyl groups is 1.